The molecule has 0 saturated carbocycles. The standard InChI is InChI=1S/C15H15Cl2N3/c1-10(12-9-11(16)7-8-14(12)18-2)19-20-15-6-4-3-5-13(15)17/h3-9,18,20H,1-2H3/b19-10-. The van der Waals surface area contributed by atoms with Crippen LogP contribution in [0.4, 0.5) is 11.4 Å². The number of para-hydroxylation sites is 1. The van der Waals surface area contributed by atoms with E-state index in [2.05, 4.69) is 15.8 Å². The van der Waals surface area contributed by atoms with Gasteiger partial charge in [0.2, 0.25) is 0 Å². The summed E-state index contributed by atoms with van der Waals surface area (Å²) >= 11 is 12.1. The molecule has 0 aliphatic heterocycles. The Hall–Kier alpha value is -1.71. The summed E-state index contributed by atoms with van der Waals surface area (Å²) in [6, 6.07) is 13.1. The van der Waals surface area contributed by atoms with Gasteiger partial charge in [-0.05, 0) is 37.3 Å². The van der Waals surface area contributed by atoms with Crippen molar-refractivity contribution in [3.63, 3.8) is 0 Å². The highest BCUT2D eigenvalue weighted by molar-refractivity contribution is 6.33. The molecule has 20 heavy (non-hydrogen) atoms. The van der Waals surface area contributed by atoms with Crippen LogP contribution in [0.1, 0.15) is 12.5 Å². The van der Waals surface area contributed by atoms with Crippen LogP contribution in [0.2, 0.25) is 10.0 Å². The summed E-state index contributed by atoms with van der Waals surface area (Å²) in [5.74, 6) is 0. The molecule has 104 valence electrons. The van der Waals surface area contributed by atoms with E-state index in [1.165, 1.54) is 0 Å². The van der Waals surface area contributed by atoms with Gasteiger partial charge in [0.15, 0.2) is 0 Å². The Bertz CT molecular complexity index is 639. The lowest BCUT2D eigenvalue weighted by Crippen LogP contribution is -2.04. The minimum atomic E-state index is 0.629. The maximum absolute atomic E-state index is 6.07. The van der Waals surface area contributed by atoms with E-state index in [4.69, 9.17) is 23.2 Å². The van der Waals surface area contributed by atoms with Crippen LogP contribution in [0.15, 0.2) is 47.6 Å². The number of rotatable bonds is 4. The molecule has 0 aliphatic carbocycles. The van der Waals surface area contributed by atoms with Crippen molar-refractivity contribution >= 4 is 40.3 Å². The number of nitrogens with zero attached hydrogens (tertiary/aromatic N) is 1. The van der Waals surface area contributed by atoms with E-state index in [0.717, 1.165) is 22.6 Å². The molecule has 2 rings (SSSR count). The van der Waals surface area contributed by atoms with Crippen molar-refractivity contribution in [2.75, 3.05) is 17.8 Å². The van der Waals surface area contributed by atoms with E-state index in [1.807, 2.05) is 56.4 Å². The summed E-state index contributed by atoms with van der Waals surface area (Å²) < 4.78 is 0. The van der Waals surface area contributed by atoms with E-state index in [9.17, 15) is 0 Å². The molecule has 0 saturated heterocycles. The molecule has 3 nitrogen and oxygen atoms in total. The number of hydrogen-bond acceptors (Lipinski definition) is 3. The molecule has 0 spiro atoms. The zero-order valence-corrected chi connectivity index (χ0v) is 12.8. The Balaban J connectivity index is 2.27. The molecule has 2 N–H and O–H groups in total. The van der Waals surface area contributed by atoms with Crippen LogP contribution < -0.4 is 10.7 Å². The van der Waals surface area contributed by atoms with E-state index < -0.39 is 0 Å². The third-order valence-corrected chi connectivity index (χ3v) is 3.42. The smallest absolute Gasteiger partial charge is 0.0748 e. The van der Waals surface area contributed by atoms with Crippen LogP contribution in [0, 0.1) is 0 Å². The molecule has 0 aromatic heterocycles. The first-order chi connectivity index (χ1) is 9.61. The fourth-order valence-electron chi connectivity index (χ4n) is 1.79. The summed E-state index contributed by atoms with van der Waals surface area (Å²) in [5.41, 5.74) is 6.46. The van der Waals surface area contributed by atoms with Gasteiger partial charge in [-0.3, -0.25) is 5.43 Å². The van der Waals surface area contributed by atoms with E-state index in [1.54, 1.807) is 0 Å². The zero-order chi connectivity index (χ0) is 14.5. The van der Waals surface area contributed by atoms with Gasteiger partial charge in [-0.15, -0.1) is 0 Å². The van der Waals surface area contributed by atoms with Crippen molar-refractivity contribution in [3.05, 3.63) is 58.1 Å². The molecule has 5 heteroatoms. The highest BCUT2D eigenvalue weighted by Crippen LogP contribution is 2.23. The Kier molecular flexibility index (Phi) is 4.88. The third-order valence-electron chi connectivity index (χ3n) is 2.86. The van der Waals surface area contributed by atoms with Crippen LogP contribution in [0.25, 0.3) is 0 Å². The van der Waals surface area contributed by atoms with E-state index in [0.29, 0.717) is 10.0 Å². The van der Waals surface area contributed by atoms with Crippen molar-refractivity contribution in [2.45, 2.75) is 6.92 Å². The maximum atomic E-state index is 6.07. The summed E-state index contributed by atoms with van der Waals surface area (Å²) in [6.45, 7) is 1.91. The average Bonchev–Trinajstić information content (AvgIpc) is 2.46. The molecular formula is C15H15Cl2N3. The van der Waals surface area contributed by atoms with E-state index in [-0.39, 0.29) is 0 Å². The van der Waals surface area contributed by atoms with Gasteiger partial charge in [0.25, 0.3) is 0 Å². The Morgan fingerprint density at radius 3 is 2.50 bits per heavy atom. The van der Waals surface area contributed by atoms with Crippen LogP contribution in [-0.4, -0.2) is 12.8 Å². The lowest BCUT2D eigenvalue weighted by Gasteiger charge is -2.10. The fraction of sp³-hybridized carbons (Fsp3) is 0.133. The quantitative estimate of drug-likeness (QED) is 0.624. The van der Waals surface area contributed by atoms with Crippen molar-refractivity contribution in [3.8, 4) is 0 Å². The van der Waals surface area contributed by atoms with Crippen molar-refractivity contribution in [2.24, 2.45) is 5.10 Å². The zero-order valence-electron chi connectivity index (χ0n) is 11.2. The summed E-state index contributed by atoms with van der Waals surface area (Å²) in [4.78, 5) is 0. The molecule has 0 aliphatic rings. The minimum absolute atomic E-state index is 0.629. The highest BCUT2D eigenvalue weighted by Gasteiger charge is 2.06. The molecule has 0 radical (unpaired) electrons. The molecule has 0 bridgehead atoms. The molecule has 0 amide bonds. The molecular weight excluding hydrogens is 293 g/mol. The Labute approximate surface area is 128 Å². The second-order valence-corrected chi connectivity index (χ2v) is 5.07. The molecule has 0 unspecified atom stereocenters. The minimum Gasteiger partial charge on any atom is -0.388 e. The molecule has 0 fully saturated rings. The maximum Gasteiger partial charge on any atom is 0.0748 e. The average molecular weight is 308 g/mol. The molecule has 0 atom stereocenters. The number of benzene rings is 2. The fourth-order valence-corrected chi connectivity index (χ4v) is 2.14. The second kappa shape index (κ2) is 6.64. The number of hydrazone groups is 1. The number of nitrogens with one attached hydrogen (secondary N) is 2. The van der Waals surface area contributed by atoms with Crippen LogP contribution in [0.3, 0.4) is 0 Å². The highest BCUT2D eigenvalue weighted by atomic mass is 35.5. The van der Waals surface area contributed by atoms with Gasteiger partial charge in [0.05, 0.1) is 16.4 Å². The summed E-state index contributed by atoms with van der Waals surface area (Å²) in [7, 11) is 1.86. The second-order valence-electron chi connectivity index (χ2n) is 4.23. The van der Waals surface area contributed by atoms with Gasteiger partial charge in [0.1, 0.15) is 0 Å². The third kappa shape index (κ3) is 3.44. The molecule has 2 aromatic rings. The normalized spacial score (nSPS) is 11.3. The first kappa shape index (κ1) is 14.7. The van der Waals surface area contributed by atoms with Crippen LogP contribution >= 0.6 is 23.2 Å². The first-order valence-electron chi connectivity index (χ1n) is 6.14. The monoisotopic (exact) mass is 307 g/mol. The lowest BCUT2D eigenvalue weighted by molar-refractivity contribution is 1.32. The summed E-state index contributed by atoms with van der Waals surface area (Å²) in [5, 5.41) is 8.78. The largest absolute Gasteiger partial charge is 0.388 e. The van der Waals surface area contributed by atoms with E-state index >= 15 is 0 Å². The Morgan fingerprint density at radius 1 is 1.05 bits per heavy atom. The van der Waals surface area contributed by atoms with Gasteiger partial charge in [-0.1, -0.05) is 35.3 Å². The predicted molar refractivity (Wildman–Crippen MR) is 88.3 cm³/mol. The molecule has 2 aromatic carbocycles. The predicted octanol–water partition coefficient (Wildman–Crippen LogP) is 4.87. The summed E-state index contributed by atoms with van der Waals surface area (Å²) in [6.07, 6.45) is 0. The number of halogens is 2. The van der Waals surface area contributed by atoms with Crippen molar-refractivity contribution < 1.29 is 0 Å². The SMILES string of the molecule is CNc1ccc(Cl)cc1/C(C)=N\Nc1ccccc1Cl. The van der Waals surface area contributed by atoms with Crippen LogP contribution in [-0.2, 0) is 0 Å². The lowest BCUT2D eigenvalue weighted by atomic mass is 10.1. The van der Waals surface area contributed by atoms with Crippen LogP contribution in [0.5, 0.6) is 0 Å². The van der Waals surface area contributed by atoms with Gasteiger partial charge < -0.3 is 5.32 Å². The number of hydrogen-bond donors (Lipinski definition) is 2. The topological polar surface area (TPSA) is 36.4 Å². The van der Waals surface area contributed by atoms with Crippen molar-refractivity contribution in [1.29, 1.82) is 0 Å². The van der Waals surface area contributed by atoms with Gasteiger partial charge in [-0.25, -0.2) is 0 Å². The number of anilines is 2. The van der Waals surface area contributed by atoms with Gasteiger partial charge >= 0.3 is 0 Å². The van der Waals surface area contributed by atoms with Gasteiger partial charge in [0, 0.05) is 23.3 Å². The van der Waals surface area contributed by atoms with Gasteiger partial charge in [-0.2, -0.15) is 5.10 Å². The Morgan fingerprint density at radius 2 is 1.80 bits per heavy atom. The molecule has 0 heterocycles. The first-order valence-corrected chi connectivity index (χ1v) is 6.90. The van der Waals surface area contributed by atoms with Crippen molar-refractivity contribution in [1.82, 2.24) is 0 Å².